The lowest BCUT2D eigenvalue weighted by molar-refractivity contribution is -0.0137. The highest BCUT2D eigenvalue weighted by Gasteiger charge is 2.30. The molecule has 0 spiro atoms. The van der Waals surface area contributed by atoms with Crippen LogP contribution in [0.2, 0.25) is 0 Å². The van der Waals surface area contributed by atoms with E-state index in [2.05, 4.69) is 22.5 Å². The van der Waals surface area contributed by atoms with E-state index in [1.807, 2.05) is 27.9 Å². The summed E-state index contributed by atoms with van der Waals surface area (Å²) in [5.74, 6) is 1.34. The summed E-state index contributed by atoms with van der Waals surface area (Å²) in [4.78, 5) is 30.8. The lowest BCUT2D eigenvalue weighted by atomic mass is 10.0. The Balaban J connectivity index is 1.60. The number of hydrogen-bond acceptors (Lipinski definition) is 8. The van der Waals surface area contributed by atoms with Gasteiger partial charge in [0.1, 0.15) is 5.75 Å². The average molecular weight is 585 g/mol. The number of aliphatic hydroxyl groups excluding tert-OH is 1. The van der Waals surface area contributed by atoms with Gasteiger partial charge in [-0.3, -0.25) is 4.79 Å². The highest BCUT2D eigenvalue weighted by atomic mass is 16.7. The smallest absolute Gasteiger partial charge is 0.323 e. The van der Waals surface area contributed by atoms with Crippen LogP contribution in [-0.4, -0.2) is 92.3 Å². The molecule has 0 aliphatic carbocycles. The lowest BCUT2D eigenvalue weighted by Gasteiger charge is -2.35. The maximum atomic E-state index is 14.2. The zero-order valence-electron chi connectivity index (χ0n) is 25.2. The van der Waals surface area contributed by atoms with Crippen LogP contribution in [0.3, 0.4) is 0 Å². The number of amides is 3. The van der Waals surface area contributed by atoms with Crippen molar-refractivity contribution in [2.24, 2.45) is 5.92 Å². The van der Waals surface area contributed by atoms with Crippen molar-refractivity contribution in [1.29, 1.82) is 0 Å². The number of ether oxygens (including phenoxy) is 4. The molecule has 3 N–H and O–H groups in total. The number of benzene rings is 2. The van der Waals surface area contributed by atoms with E-state index in [0.29, 0.717) is 47.3 Å². The molecule has 4 rings (SSSR count). The second-order valence-corrected chi connectivity index (χ2v) is 11.4. The number of nitrogens with zero attached hydrogens (tertiary/aromatic N) is 2. The first-order valence-electron chi connectivity index (χ1n) is 14.6. The molecule has 0 saturated carbocycles. The number of likely N-dealkylation sites (N-methyl/N-ethyl adjacent to an activating group) is 1. The van der Waals surface area contributed by atoms with E-state index in [9.17, 15) is 14.7 Å². The highest BCUT2D eigenvalue weighted by molar-refractivity contribution is 6.02. The van der Waals surface area contributed by atoms with Crippen molar-refractivity contribution in [3.8, 4) is 17.2 Å². The van der Waals surface area contributed by atoms with Gasteiger partial charge < -0.3 is 44.5 Å². The first-order chi connectivity index (χ1) is 20.1. The van der Waals surface area contributed by atoms with Gasteiger partial charge in [0.25, 0.3) is 5.91 Å². The van der Waals surface area contributed by atoms with Gasteiger partial charge in [-0.25, -0.2) is 4.79 Å². The largest absolute Gasteiger partial charge is 0.490 e. The Labute approximate surface area is 248 Å². The van der Waals surface area contributed by atoms with Crippen molar-refractivity contribution in [1.82, 2.24) is 9.80 Å². The van der Waals surface area contributed by atoms with Crippen molar-refractivity contribution in [2.45, 2.75) is 58.3 Å². The fourth-order valence-corrected chi connectivity index (χ4v) is 5.09. The topological polar surface area (TPSA) is 122 Å². The minimum Gasteiger partial charge on any atom is -0.490 e. The Hall–Kier alpha value is -3.54. The van der Waals surface area contributed by atoms with Gasteiger partial charge in [-0.1, -0.05) is 6.92 Å². The summed E-state index contributed by atoms with van der Waals surface area (Å²) in [6.45, 7) is 7.57. The van der Waals surface area contributed by atoms with Crippen LogP contribution in [0.15, 0.2) is 36.4 Å². The maximum absolute atomic E-state index is 14.2. The van der Waals surface area contributed by atoms with Gasteiger partial charge in [0.2, 0.25) is 6.79 Å². The quantitative estimate of drug-likeness (QED) is 0.457. The number of carbonyl (C=O) groups excluding carboxylic acids is 2. The lowest BCUT2D eigenvalue weighted by Crippen LogP contribution is -2.47. The Kier molecular flexibility index (Phi) is 10.9. The van der Waals surface area contributed by atoms with E-state index in [1.165, 1.54) is 0 Å². The summed E-state index contributed by atoms with van der Waals surface area (Å²) >= 11 is 0. The van der Waals surface area contributed by atoms with Crippen LogP contribution in [0.4, 0.5) is 16.2 Å². The summed E-state index contributed by atoms with van der Waals surface area (Å²) in [5, 5.41) is 15.7. The normalized spacial score (nSPS) is 22.1. The number of nitrogens with one attached hydrogen (secondary N) is 2. The van der Waals surface area contributed by atoms with Crippen LogP contribution in [0.1, 0.15) is 50.4 Å². The molecule has 4 atom stereocenters. The summed E-state index contributed by atoms with van der Waals surface area (Å²) in [6, 6.07) is 9.28. The molecule has 230 valence electrons. The van der Waals surface area contributed by atoms with E-state index in [1.54, 1.807) is 41.3 Å². The predicted molar refractivity (Wildman–Crippen MR) is 161 cm³/mol. The van der Waals surface area contributed by atoms with Crippen molar-refractivity contribution >= 4 is 23.3 Å². The number of urea groups is 1. The van der Waals surface area contributed by atoms with E-state index in [4.69, 9.17) is 18.9 Å². The standard InChI is InChI=1S/C31H44N4O7/c1-20-16-35(21(2)18-36)30(37)25-14-23(32-31(38)33-24-10-12-27-28(15-24)41-19-40-27)9-11-26(25)42-22(3)8-6-7-13-39-29(20)17-34(4)5/h9-12,14-15,20-22,29,36H,6-8,13,16-19H2,1-5H3,(H2,32,33,38)/t20-,21-,22+,29+/m0/s1. The molecular weight excluding hydrogens is 540 g/mol. The molecule has 0 bridgehead atoms. The van der Waals surface area contributed by atoms with Gasteiger partial charge in [-0.15, -0.1) is 0 Å². The second kappa shape index (κ2) is 14.6. The highest BCUT2D eigenvalue weighted by Crippen LogP contribution is 2.34. The summed E-state index contributed by atoms with van der Waals surface area (Å²) < 4.78 is 23.3. The molecule has 0 unspecified atom stereocenters. The molecule has 0 radical (unpaired) electrons. The van der Waals surface area contributed by atoms with E-state index >= 15 is 0 Å². The van der Waals surface area contributed by atoms with Crippen LogP contribution in [0, 0.1) is 5.92 Å². The molecule has 2 aliphatic rings. The summed E-state index contributed by atoms with van der Waals surface area (Å²) in [5.41, 5.74) is 1.28. The molecular formula is C31H44N4O7. The summed E-state index contributed by atoms with van der Waals surface area (Å²) in [7, 11) is 4.01. The molecule has 0 saturated heterocycles. The number of anilines is 2. The average Bonchev–Trinajstić information content (AvgIpc) is 3.42. The minimum atomic E-state index is -0.477. The number of aliphatic hydroxyl groups is 1. The number of carbonyl (C=O) groups is 2. The third-order valence-electron chi connectivity index (χ3n) is 7.48. The van der Waals surface area contributed by atoms with Gasteiger partial charge in [-0.05, 0) is 77.5 Å². The Morgan fingerprint density at radius 2 is 1.74 bits per heavy atom. The van der Waals surface area contributed by atoms with Crippen molar-refractivity contribution < 1.29 is 33.6 Å². The molecule has 11 nitrogen and oxygen atoms in total. The van der Waals surface area contributed by atoms with Gasteiger partial charge in [0, 0.05) is 43.1 Å². The van der Waals surface area contributed by atoms with Crippen LogP contribution < -0.4 is 24.8 Å². The van der Waals surface area contributed by atoms with Gasteiger partial charge in [-0.2, -0.15) is 0 Å². The molecule has 11 heteroatoms. The van der Waals surface area contributed by atoms with Crippen molar-refractivity contribution in [3.63, 3.8) is 0 Å². The number of hydrogen-bond donors (Lipinski definition) is 3. The molecule has 42 heavy (non-hydrogen) atoms. The Morgan fingerprint density at radius 1 is 1.05 bits per heavy atom. The molecule has 0 fully saturated rings. The summed E-state index contributed by atoms with van der Waals surface area (Å²) in [6.07, 6.45) is 2.44. The Bertz CT molecular complexity index is 1220. The van der Waals surface area contributed by atoms with Gasteiger partial charge >= 0.3 is 6.03 Å². The SMILES string of the molecule is C[C@@H]1CCCCO[C@H](CN(C)C)[C@@H](C)CN([C@@H](C)CO)C(=O)c2cc(NC(=O)Nc3ccc4c(c3)OCO4)ccc2O1. The Morgan fingerprint density at radius 3 is 2.45 bits per heavy atom. The zero-order chi connectivity index (χ0) is 30.2. The third-order valence-corrected chi connectivity index (χ3v) is 7.48. The second-order valence-electron chi connectivity index (χ2n) is 11.4. The minimum absolute atomic E-state index is 0.00497. The number of fused-ring (bicyclic) bond motifs is 2. The first-order valence-corrected chi connectivity index (χ1v) is 14.6. The van der Waals surface area contributed by atoms with E-state index in [-0.39, 0.29) is 37.4 Å². The zero-order valence-corrected chi connectivity index (χ0v) is 25.2. The third kappa shape index (κ3) is 8.27. The van der Waals surface area contributed by atoms with Crippen LogP contribution in [-0.2, 0) is 4.74 Å². The molecule has 2 aromatic rings. The van der Waals surface area contributed by atoms with Crippen molar-refractivity contribution in [2.75, 3.05) is 57.8 Å². The number of rotatable bonds is 6. The fourth-order valence-electron chi connectivity index (χ4n) is 5.09. The van der Waals surface area contributed by atoms with Gasteiger partial charge in [0.15, 0.2) is 11.5 Å². The maximum Gasteiger partial charge on any atom is 0.323 e. The van der Waals surface area contributed by atoms with E-state index < -0.39 is 12.1 Å². The monoisotopic (exact) mass is 584 g/mol. The molecule has 0 aromatic heterocycles. The first kappa shape index (κ1) is 31.4. The molecule has 2 aliphatic heterocycles. The molecule has 3 amide bonds. The van der Waals surface area contributed by atoms with Crippen LogP contribution >= 0.6 is 0 Å². The fraction of sp³-hybridized carbons (Fsp3) is 0.548. The van der Waals surface area contributed by atoms with Gasteiger partial charge in [0.05, 0.1) is 30.4 Å². The van der Waals surface area contributed by atoms with Crippen LogP contribution in [0.25, 0.3) is 0 Å². The van der Waals surface area contributed by atoms with Crippen molar-refractivity contribution in [3.05, 3.63) is 42.0 Å². The molecule has 2 aromatic carbocycles. The van der Waals surface area contributed by atoms with E-state index in [0.717, 1.165) is 25.8 Å². The molecule has 2 heterocycles. The predicted octanol–water partition coefficient (Wildman–Crippen LogP) is 4.42. The van der Waals surface area contributed by atoms with Crippen LogP contribution in [0.5, 0.6) is 17.2 Å².